The number of alkyl halides is 1. The molecule has 31 heavy (non-hydrogen) atoms. The van der Waals surface area contributed by atoms with E-state index in [1.54, 1.807) is 30.8 Å². The first kappa shape index (κ1) is 23.8. The largest absolute Gasteiger partial charge is 0.396 e. The van der Waals surface area contributed by atoms with Crippen molar-refractivity contribution in [1.82, 2.24) is 0 Å². The Morgan fingerprint density at radius 2 is 1.39 bits per heavy atom. The van der Waals surface area contributed by atoms with Crippen molar-refractivity contribution in [1.29, 1.82) is 0 Å². The summed E-state index contributed by atoms with van der Waals surface area (Å²) in [7, 11) is 0. The molecule has 3 nitrogen and oxygen atoms in total. The minimum absolute atomic E-state index is 0.0650. The molecule has 0 amide bonds. The highest BCUT2D eigenvalue weighted by atomic mass is 79.9. The number of aliphatic hydroxyl groups excluding tert-OH is 1. The van der Waals surface area contributed by atoms with Gasteiger partial charge in [-0.05, 0) is 43.3 Å². The molecule has 0 bridgehead atoms. The number of ketones is 2. The average molecular weight is 515 g/mol. The lowest BCUT2D eigenvalue weighted by atomic mass is 9.92. The molecule has 6 heteroatoms. The Morgan fingerprint density at radius 1 is 0.839 bits per heavy atom. The summed E-state index contributed by atoms with van der Waals surface area (Å²) < 4.78 is -0.984. The molecule has 0 saturated heterocycles. The predicted molar refractivity (Wildman–Crippen MR) is 132 cm³/mol. The molecule has 1 atom stereocenters. The van der Waals surface area contributed by atoms with Gasteiger partial charge in [-0.1, -0.05) is 70.2 Å². The van der Waals surface area contributed by atoms with Crippen LogP contribution in [0.4, 0.5) is 0 Å². The third kappa shape index (κ3) is 6.81. The second-order valence-electron chi connectivity index (χ2n) is 7.16. The second-order valence-corrected chi connectivity index (χ2v) is 11.2. The highest BCUT2D eigenvalue weighted by Crippen LogP contribution is 2.31. The van der Waals surface area contributed by atoms with Crippen LogP contribution in [-0.2, 0) is 0 Å². The number of thioether (sulfide) groups is 1. The number of Topliss-reactive ketones (excluding diaryl/α,β-unsaturated/α-hetero) is 2. The molecule has 0 aliphatic heterocycles. The predicted octanol–water partition coefficient (Wildman–Crippen LogP) is 6.53. The maximum absolute atomic E-state index is 13.0. The minimum Gasteiger partial charge on any atom is -0.396 e. The van der Waals surface area contributed by atoms with E-state index >= 15 is 0 Å². The fraction of sp³-hybridized carbons (Fsp3) is 0.200. The summed E-state index contributed by atoms with van der Waals surface area (Å²) in [5.41, 5.74) is 1.14. The first-order valence-electron chi connectivity index (χ1n) is 9.83. The van der Waals surface area contributed by atoms with E-state index in [-0.39, 0.29) is 24.6 Å². The van der Waals surface area contributed by atoms with E-state index in [2.05, 4.69) is 15.9 Å². The number of hydrogen-bond donors (Lipinski definition) is 1. The molecule has 0 fully saturated rings. The SMILES string of the molecule is CC(Br)(CC(=O)c1ccc(SCCO)cc1)C(=O)c1ccc(Sc2ccccc2)cc1. The van der Waals surface area contributed by atoms with E-state index < -0.39 is 4.32 Å². The van der Waals surface area contributed by atoms with Gasteiger partial charge in [0, 0.05) is 38.0 Å². The Balaban J connectivity index is 1.64. The molecule has 1 unspecified atom stereocenters. The normalized spacial score (nSPS) is 12.9. The quantitative estimate of drug-likeness (QED) is 0.189. The van der Waals surface area contributed by atoms with Crippen molar-refractivity contribution in [2.24, 2.45) is 0 Å². The number of benzene rings is 3. The maximum atomic E-state index is 13.0. The summed E-state index contributed by atoms with van der Waals surface area (Å²) in [6, 6.07) is 24.8. The van der Waals surface area contributed by atoms with Gasteiger partial charge < -0.3 is 5.11 Å². The van der Waals surface area contributed by atoms with E-state index in [0.717, 1.165) is 14.7 Å². The smallest absolute Gasteiger partial charge is 0.179 e. The van der Waals surface area contributed by atoms with Gasteiger partial charge in [-0.2, -0.15) is 0 Å². The lowest BCUT2D eigenvalue weighted by molar-refractivity contribution is 0.0888. The molecule has 0 heterocycles. The van der Waals surface area contributed by atoms with Crippen LogP contribution in [0.2, 0.25) is 0 Å². The summed E-state index contributed by atoms with van der Waals surface area (Å²) in [4.78, 5) is 29.0. The Morgan fingerprint density at radius 3 is 2.00 bits per heavy atom. The monoisotopic (exact) mass is 514 g/mol. The van der Waals surface area contributed by atoms with Crippen molar-refractivity contribution in [3.8, 4) is 0 Å². The molecule has 160 valence electrons. The fourth-order valence-corrected chi connectivity index (χ4v) is 4.96. The van der Waals surface area contributed by atoms with Crippen molar-refractivity contribution in [2.75, 3.05) is 12.4 Å². The third-order valence-electron chi connectivity index (χ3n) is 4.60. The van der Waals surface area contributed by atoms with Gasteiger partial charge in [0.1, 0.15) is 0 Å². The third-order valence-corrected chi connectivity index (χ3v) is 7.25. The summed E-state index contributed by atoms with van der Waals surface area (Å²) in [5, 5.41) is 8.91. The molecular formula is C25H23BrO3S2. The van der Waals surface area contributed by atoms with Crippen molar-refractivity contribution in [3.05, 3.63) is 90.0 Å². The van der Waals surface area contributed by atoms with Gasteiger partial charge in [0.05, 0.1) is 10.9 Å². The molecule has 0 saturated carbocycles. The number of carbonyl (C=O) groups excluding carboxylic acids is 2. The number of carbonyl (C=O) groups is 2. The zero-order valence-electron chi connectivity index (χ0n) is 17.1. The molecular weight excluding hydrogens is 492 g/mol. The van der Waals surface area contributed by atoms with Gasteiger partial charge in [-0.25, -0.2) is 0 Å². The van der Waals surface area contributed by atoms with Crippen LogP contribution < -0.4 is 0 Å². The van der Waals surface area contributed by atoms with Gasteiger partial charge in [0.2, 0.25) is 0 Å². The van der Waals surface area contributed by atoms with Gasteiger partial charge in [-0.3, -0.25) is 9.59 Å². The van der Waals surface area contributed by atoms with Crippen LogP contribution in [0, 0.1) is 0 Å². The van der Waals surface area contributed by atoms with Crippen LogP contribution in [0.15, 0.2) is 93.5 Å². The molecule has 0 radical (unpaired) electrons. The van der Waals surface area contributed by atoms with Crippen LogP contribution >= 0.6 is 39.5 Å². The average Bonchev–Trinajstić information content (AvgIpc) is 2.78. The lowest BCUT2D eigenvalue weighted by Gasteiger charge is -2.20. The van der Waals surface area contributed by atoms with Crippen molar-refractivity contribution in [2.45, 2.75) is 32.4 Å². The van der Waals surface area contributed by atoms with Crippen LogP contribution in [0.3, 0.4) is 0 Å². The van der Waals surface area contributed by atoms with Gasteiger partial charge >= 0.3 is 0 Å². The second kappa shape index (κ2) is 11.1. The Kier molecular flexibility index (Phi) is 8.55. The van der Waals surface area contributed by atoms with Gasteiger partial charge in [0.15, 0.2) is 11.6 Å². The number of aliphatic hydroxyl groups is 1. The first-order chi connectivity index (χ1) is 14.9. The van der Waals surface area contributed by atoms with Crippen LogP contribution in [0.1, 0.15) is 34.1 Å². The van der Waals surface area contributed by atoms with Crippen molar-refractivity contribution < 1.29 is 14.7 Å². The molecule has 3 rings (SSSR count). The van der Waals surface area contributed by atoms with E-state index in [1.165, 1.54) is 11.8 Å². The number of rotatable bonds is 10. The van der Waals surface area contributed by atoms with Gasteiger partial charge in [-0.15, -0.1) is 11.8 Å². The molecule has 1 N–H and O–H groups in total. The van der Waals surface area contributed by atoms with E-state index in [0.29, 0.717) is 16.9 Å². The molecule has 3 aromatic carbocycles. The summed E-state index contributed by atoms with van der Waals surface area (Å²) in [6.45, 7) is 1.85. The van der Waals surface area contributed by atoms with Crippen molar-refractivity contribution >= 4 is 51.0 Å². The number of halogens is 1. The van der Waals surface area contributed by atoms with E-state index in [4.69, 9.17) is 5.11 Å². The Bertz CT molecular complexity index is 1020. The van der Waals surface area contributed by atoms with Crippen LogP contribution in [0.25, 0.3) is 0 Å². The minimum atomic E-state index is -0.984. The van der Waals surface area contributed by atoms with E-state index in [9.17, 15) is 9.59 Å². The van der Waals surface area contributed by atoms with Crippen LogP contribution in [0.5, 0.6) is 0 Å². The van der Waals surface area contributed by atoms with Crippen molar-refractivity contribution in [3.63, 3.8) is 0 Å². The fourth-order valence-electron chi connectivity index (χ4n) is 2.98. The Hall–Kier alpha value is -1.86. The summed E-state index contributed by atoms with van der Waals surface area (Å²) >= 11 is 6.66. The molecule has 0 aliphatic carbocycles. The zero-order chi connectivity index (χ0) is 22.3. The Labute approximate surface area is 199 Å². The topological polar surface area (TPSA) is 54.4 Å². The molecule has 0 aromatic heterocycles. The maximum Gasteiger partial charge on any atom is 0.179 e. The number of hydrogen-bond acceptors (Lipinski definition) is 5. The van der Waals surface area contributed by atoms with Crippen LogP contribution in [-0.4, -0.2) is 33.4 Å². The highest BCUT2D eigenvalue weighted by molar-refractivity contribution is 9.10. The van der Waals surface area contributed by atoms with E-state index in [1.807, 2.05) is 66.7 Å². The van der Waals surface area contributed by atoms with Gasteiger partial charge in [0.25, 0.3) is 0 Å². The lowest BCUT2D eigenvalue weighted by Crippen LogP contribution is -2.31. The zero-order valence-corrected chi connectivity index (χ0v) is 20.3. The molecule has 3 aromatic rings. The molecule has 0 spiro atoms. The first-order valence-corrected chi connectivity index (χ1v) is 12.4. The molecule has 0 aliphatic rings. The standard InChI is InChI=1S/C25H23BrO3S2/c1-25(26,17-23(28)18-7-11-20(12-8-18)30-16-15-27)24(29)19-9-13-22(14-10-19)31-21-5-3-2-4-6-21/h2-14,27H,15-17H2,1H3. The summed E-state index contributed by atoms with van der Waals surface area (Å²) in [6.07, 6.45) is 0.0650. The highest BCUT2D eigenvalue weighted by Gasteiger charge is 2.33. The summed E-state index contributed by atoms with van der Waals surface area (Å²) in [5.74, 6) is 0.402.